The van der Waals surface area contributed by atoms with Crippen LogP contribution in [0, 0.1) is 22.9 Å². The number of imidazole rings is 1. The number of hydrogen-bond donors (Lipinski definition) is 2. The second-order valence-electron chi connectivity index (χ2n) is 8.75. The fourth-order valence-electron chi connectivity index (χ4n) is 3.59. The van der Waals surface area contributed by atoms with Crippen LogP contribution >= 0.6 is 0 Å². The summed E-state index contributed by atoms with van der Waals surface area (Å²) in [5.41, 5.74) is -0.289. The smallest absolute Gasteiger partial charge is 0.272 e. The van der Waals surface area contributed by atoms with Gasteiger partial charge in [0.05, 0.1) is 11.3 Å². The molecule has 0 unspecified atom stereocenters. The molecule has 2 N–H and O–H groups in total. The highest BCUT2D eigenvalue weighted by atomic mass is 19.2. The third kappa shape index (κ3) is 4.43. The van der Waals surface area contributed by atoms with E-state index in [2.05, 4.69) is 15.6 Å². The largest absolute Gasteiger partial charge is 0.357 e. The van der Waals surface area contributed by atoms with Gasteiger partial charge in [0.25, 0.3) is 5.91 Å². The SMILES string of the molecule is CNC(=O)[C@@H](NC(=O)c1nc(-c2cc(F)c(F)cc2F)n2c1CN(C)CC2)C(C)(C)C. The first-order valence-corrected chi connectivity index (χ1v) is 9.89. The van der Waals surface area contributed by atoms with Crippen molar-refractivity contribution in [2.45, 2.75) is 39.9 Å². The number of nitrogens with one attached hydrogen (secondary N) is 2. The lowest BCUT2D eigenvalue weighted by molar-refractivity contribution is -0.124. The molecular weight excluding hydrogens is 411 g/mol. The molecule has 0 radical (unpaired) electrons. The Balaban J connectivity index is 2.08. The van der Waals surface area contributed by atoms with Crippen molar-refractivity contribution in [2.24, 2.45) is 5.41 Å². The van der Waals surface area contributed by atoms with E-state index in [1.54, 1.807) is 4.57 Å². The van der Waals surface area contributed by atoms with E-state index in [-0.39, 0.29) is 23.0 Å². The van der Waals surface area contributed by atoms with Crippen molar-refractivity contribution in [3.63, 3.8) is 0 Å². The van der Waals surface area contributed by atoms with E-state index in [4.69, 9.17) is 0 Å². The van der Waals surface area contributed by atoms with E-state index in [1.807, 2.05) is 32.7 Å². The second kappa shape index (κ2) is 8.33. The van der Waals surface area contributed by atoms with Crippen molar-refractivity contribution < 1.29 is 22.8 Å². The monoisotopic (exact) mass is 437 g/mol. The van der Waals surface area contributed by atoms with Crippen molar-refractivity contribution in [3.8, 4) is 11.4 Å². The molecule has 31 heavy (non-hydrogen) atoms. The van der Waals surface area contributed by atoms with E-state index >= 15 is 0 Å². The van der Waals surface area contributed by atoms with Crippen LogP contribution in [-0.2, 0) is 17.9 Å². The van der Waals surface area contributed by atoms with Gasteiger partial charge >= 0.3 is 0 Å². The van der Waals surface area contributed by atoms with Gasteiger partial charge in [0.15, 0.2) is 17.3 Å². The molecule has 168 valence electrons. The maximum absolute atomic E-state index is 14.5. The highest BCUT2D eigenvalue weighted by molar-refractivity contribution is 5.97. The van der Waals surface area contributed by atoms with Gasteiger partial charge in [-0.15, -0.1) is 0 Å². The van der Waals surface area contributed by atoms with Crippen LogP contribution in [0.5, 0.6) is 0 Å². The Morgan fingerprint density at radius 3 is 2.35 bits per heavy atom. The number of fused-ring (bicyclic) bond motifs is 1. The van der Waals surface area contributed by atoms with Crippen molar-refractivity contribution in [3.05, 3.63) is 41.0 Å². The number of amides is 2. The molecule has 3 rings (SSSR count). The van der Waals surface area contributed by atoms with Crippen LogP contribution in [0.1, 0.15) is 37.0 Å². The molecule has 2 heterocycles. The van der Waals surface area contributed by atoms with E-state index in [9.17, 15) is 22.8 Å². The summed E-state index contributed by atoms with van der Waals surface area (Å²) in [6.07, 6.45) is 0. The number of carbonyl (C=O) groups excluding carboxylic acids is 2. The summed E-state index contributed by atoms with van der Waals surface area (Å²) in [4.78, 5) is 31.7. The average molecular weight is 437 g/mol. The summed E-state index contributed by atoms with van der Waals surface area (Å²) in [6.45, 7) is 6.77. The quantitative estimate of drug-likeness (QED) is 0.720. The lowest BCUT2D eigenvalue weighted by Crippen LogP contribution is -2.53. The fourth-order valence-corrected chi connectivity index (χ4v) is 3.59. The maximum Gasteiger partial charge on any atom is 0.272 e. The van der Waals surface area contributed by atoms with Gasteiger partial charge in [0.2, 0.25) is 5.91 Å². The molecule has 0 saturated carbocycles. The molecule has 1 aromatic heterocycles. The first-order valence-electron chi connectivity index (χ1n) is 9.89. The van der Waals surface area contributed by atoms with Crippen molar-refractivity contribution in [2.75, 3.05) is 20.6 Å². The van der Waals surface area contributed by atoms with Crippen LogP contribution in [0.2, 0.25) is 0 Å². The van der Waals surface area contributed by atoms with Gasteiger partial charge in [0.1, 0.15) is 17.7 Å². The van der Waals surface area contributed by atoms with Gasteiger partial charge in [-0.25, -0.2) is 18.2 Å². The number of likely N-dealkylation sites (N-methyl/N-ethyl adjacent to an activating group) is 2. The van der Waals surface area contributed by atoms with E-state index < -0.39 is 34.8 Å². The minimum absolute atomic E-state index is 0.0174. The number of hydrogen-bond acceptors (Lipinski definition) is 4. The molecule has 0 fully saturated rings. The topological polar surface area (TPSA) is 79.3 Å². The Kier molecular flexibility index (Phi) is 6.13. The Morgan fingerprint density at radius 2 is 1.74 bits per heavy atom. The van der Waals surface area contributed by atoms with Gasteiger partial charge in [0, 0.05) is 32.7 Å². The molecule has 7 nitrogen and oxygen atoms in total. The number of nitrogens with zero attached hydrogens (tertiary/aromatic N) is 3. The molecule has 0 aliphatic carbocycles. The summed E-state index contributed by atoms with van der Waals surface area (Å²) in [5, 5.41) is 5.25. The van der Waals surface area contributed by atoms with Crippen molar-refractivity contribution >= 4 is 11.8 Å². The molecular formula is C21H26F3N5O2. The number of rotatable bonds is 4. The molecule has 0 bridgehead atoms. The molecule has 1 atom stereocenters. The summed E-state index contributed by atoms with van der Waals surface area (Å²) >= 11 is 0. The first kappa shape index (κ1) is 22.8. The second-order valence-corrected chi connectivity index (χ2v) is 8.75. The third-order valence-corrected chi connectivity index (χ3v) is 5.31. The molecule has 0 saturated heterocycles. The third-order valence-electron chi connectivity index (χ3n) is 5.31. The van der Waals surface area contributed by atoms with Crippen LogP contribution in [0.4, 0.5) is 13.2 Å². The highest BCUT2D eigenvalue weighted by Gasteiger charge is 2.35. The molecule has 1 aliphatic rings. The van der Waals surface area contributed by atoms with Crippen LogP contribution in [0.15, 0.2) is 12.1 Å². The van der Waals surface area contributed by atoms with Crippen molar-refractivity contribution in [1.82, 2.24) is 25.1 Å². The van der Waals surface area contributed by atoms with Gasteiger partial charge < -0.3 is 15.2 Å². The minimum atomic E-state index is -1.30. The molecule has 2 aromatic rings. The summed E-state index contributed by atoms with van der Waals surface area (Å²) < 4.78 is 43.3. The zero-order chi connectivity index (χ0) is 23.1. The first-order chi connectivity index (χ1) is 14.4. The van der Waals surface area contributed by atoms with Crippen LogP contribution < -0.4 is 10.6 Å². The molecule has 1 aliphatic heterocycles. The number of benzene rings is 1. The lowest BCUT2D eigenvalue weighted by Gasteiger charge is -2.30. The zero-order valence-corrected chi connectivity index (χ0v) is 18.1. The van der Waals surface area contributed by atoms with Gasteiger partial charge in [-0.2, -0.15) is 0 Å². The number of halogens is 3. The predicted octanol–water partition coefficient (Wildman–Crippen LogP) is 2.30. The standard InChI is InChI=1S/C21H26F3N5O2/c1-21(2,3)17(20(31)25-4)27-19(30)16-15-10-28(5)6-7-29(15)18(26-16)11-8-13(23)14(24)9-12(11)22/h8-9,17H,6-7,10H2,1-5H3,(H,25,31)(H,27,30)/t17-/m1/s1. The average Bonchev–Trinajstić information content (AvgIpc) is 3.05. The maximum atomic E-state index is 14.5. The highest BCUT2D eigenvalue weighted by Crippen LogP contribution is 2.30. The summed E-state index contributed by atoms with van der Waals surface area (Å²) in [6, 6.07) is 0.359. The van der Waals surface area contributed by atoms with Crippen molar-refractivity contribution in [1.29, 1.82) is 0 Å². The Hall–Kier alpha value is -2.88. The van der Waals surface area contributed by atoms with Gasteiger partial charge in [-0.1, -0.05) is 20.8 Å². The number of carbonyl (C=O) groups is 2. The Labute approximate surface area is 178 Å². The van der Waals surface area contributed by atoms with Gasteiger partial charge in [-0.3, -0.25) is 14.5 Å². The molecule has 2 amide bonds. The fraction of sp³-hybridized carbons (Fsp3) is 0.476. The normalized spacial score (nSPS) is 15.4. The van der Waals surface area contributed by atoms with Crippen LogP contribution in [0.3, 0.4) is 0 Å². The summed E-state index contributed by atoms with van der Waals surface area (Å²) in [7, 11) is 3.34. The Bertz CT molecular complexity index is 1030. The molecule has 10 heteroatoms. The van der Waals surface area contributed by atoms with Crippen LogP contribution in [0.25, 0.3) is 11.4 Å². The number of aromatic nitrogens is 2. The minimum Gasteiger partial charge on any atom is -0.357 e. The van der Waals surface area contributed by atoms with Crippen LogP contribution in [-0.4, -0.2) is 52.9 Å². The van der Waals surface area contributed by atoms with E-state index in [0.29, 0.717) is 31.4 Å². The van der Waals surface area contributed by atoms with Gasteiger partial charge in [-0.05, 0) is 18.5 Å². The van der Waals surface area contributed by atoms with E-state index in [0.717, 1.165) is 6.07 Å². The summed E-state index contributed by atoms with van der Waals surface area (Å²) in [5.74, 6) is -4.41. The lowest BCUT2D eigenvalue weighted by atomic mass is 9.86. The Morgan fingerprint density at radius 1 is 1.10 bits per heavy atom. The van der Waals surface area contributed by atoms with E-state index in [1.165, 1.54) is 7.05 Å². The predicted molar refractivity (Wildman–Crippen MR) is 109 cm³/mol. The molecule has 1 aromatic carbocycles. The zero-order valence-electron chi connectivity index (χ0n) is 18.1. The molecule has 0 spiro atoms.